The Balaban J connectivity index is 1.63. The third kappa shape index (κ3) is 4.84. The zero-order chi connectivity index (χ0) is 27.0. The molecular weight excluding hydrogens is 487 g/mol. The summed E-state index contributed by atoms with van der Waals surface area (Å²) in [5.41, 5.74) is 0.358. The van der Waals surface area contributed by atoms with Crippen molar-refractivity contribution in [2.75, 3.05) is 18.0 Å². The Hall–Kier alpha value is -4.26. The monoisotopic (exact) mass is 516 g/mol. The second-order valence-corrected chi connectivity index (χ2v) is 10.5. The van der Waals surface area contributed by atoms with Gasteiger partial charge in [-0.1, -0.05) is 18.9 Å². The SMILES string of the molecule is CC(C)(C)OC(=O)N1Cc2nc(-c3c(F)cccc3C#N)cc(-n3ccc(N4CCCCCC4)n3)c2C1=O. The number of rotatable bonds is 3. The van der Waals surface area contributed by atoms with Gasteiger partial charge in [-0.25, -0.2) is 23.8 Å². The third-order valence-electron chi connectivity index (χ3n) is 6.60. The molecular formula is C28H29FN6O3. The first-order valence-corrected chi connectivity index (χ1v) is 12.7. The van der Waals surface area contributed by atoms with Crippen LogP contribution in [-0.2, 0) is 11.3 Å². The highest BCUT2D eigenvalue weighted by Gasteiger charge is 2.39. The van der Waals surface area contributed by atoms with Crippen molar-refractivity contribution < 1.29 is 18.7 Å². The van der Waals surface area contributed by atoms with Crippen molar-refractivity contribution in [3.05, 3.63) is 59.2 Å². The first-order chi connectivity index (χ1) is 18.2. The number of pyridine rings is 1. The second kappa shape index (κ2) is 9.89. The van der Waals surface area contributed by atoms with Gasteiger partial charge < -0.3 is 9.64 Å². The Morgan fingerprint density at radius 3 is 2.53 bits per heavy atom. The first kappa shape index (κ1) is 25.4. The van der Waals surface area contributed by atoms with Crippen molar-refractivity contribution in [1.29, 1.82) is 5.26 Å². The third-order valence-corrected chi connectivity index (χ3v) is 6.60. The van der Waals surface area contributed by atoms with Gasteiger partial charge in [-0.05, 0) is 51.8 Å². The highest BCUT2D eigenvalue weighted by atomic mass is 19.1. The standard InChI is InChI=1S/C28H29FN6O3/c1-28(2,3)38-27(37)34-17-21-25(26(34)36)22(15-20(31-21)24-18(16-30)9-8-10-19(24)29)35-14-11-23(32-35)33-12-6-4-5-7-13-33/h8-11,14-15H,4-7,12-13,17H2,1-3H3. The molecule has 0 spiro atoms. The van der Waals surface area contributed by atoms with Crippen LogP contribution in [0.25, 0.3) is 16.9 Å². The average molecular weight is 517 g/mol. The van der Waals surface area contributed by atoms with Crippen molar-refractivity contribution >= 4 is 17.8 Å². The number of fused-ring (bicyclic) bond motifs is 1. The van der Waals surface area contributed by atoms with Crippen LogP contribution in [0.5, 0.6) is 0 Å². The molecule has 0 atom stereocenters. The van der Waals surface area contributed by atoms with Gasteiger partial charge in [-0.2, -0.15) is 10.4 Å². The summed E-state index contributed by atoms with van der Waals surface area (Å²) in [7, 11) is 0. The minimum atomic E-state index is -0.799. The second-order valence-electron chi connectivity index (χ2n) is 10.5. The molecule has 38 heavy (non-hydrogen) atoms. The molecule has 3 aromatic rings. The zero-order valence-corrected chi connectivity index (χ0v) is 21.7. The Morgan fingerprint density at radius 2 is 1.84 bits per heavy atom. The minimum Gasteiger partial charge on any atom is -0.443 e. The molecule has 1 fully saturated rings. The summed E-state index contributed by atoms with van der Waals surface area (Å²) >= 11 is 0. The average Bonchev–Trinajstić information content (AvgIpc) is 3.38. The fourth-order valence-electron chi connectivity index (χ4n) is 4.85. The van der Waals surface area contributed by atoms with Crippen LogP contribution in [0, 0.1) is 17.1 Å². The number of ether oxygens (including phenoxy) is 1. The summed E-state index contributed by atoms with van der Waals surface area (Å²) in [4.78, 5) is 34.1. The fraction of sp³-hybridized carbons (Fsp3) is 0.393. The van der Waals surface area contributed by atoms with Gasteiger partial charge >= 0.3 is 6.09 Å². The molecule has 2 aliphatic heterocycles. The number of amides is 2. The molecule has 0 saturated carbocycles. The molecule has 0 N–H and O–H groups in total. The number of hydrogen-bond acceptors (Lipinski definition) is 7. The van der Waals surface area contributed by atoms with Crippen LogP contribution in [0.4, 0.5) is 15.0 Å². The number of benzene rings is 1. The van der Waals surface area contributed by atoms with Gasteiger partial charge in [0.25, 0.3) is 5.91 Å². The fourth-order valence-corrected chi connectivity index (χ4v) is 4.85. The van der Waals surface area contributed by atoms with E-state index in [1.165, 1.54) is 31.0 Å². The highest BCUT2D eigenvalue weighted by molar-refractivity contribution is 6.08. The van der Waals surface area contributed by atoms with Crippen molar-refractivity contribution in [2.45, 2.75) is 58.6 Å². The van der Waals surface area contributed by atoms with Gasteiger partial charge in [-0.3, -0.25) is 4.79 Å². The zero-order valence-electron chi connectivity index (χ0n) is 21.7. The summed E-state index contributed by atoms with van der Waals surface area (Å²) in [6.45, 7) is 6.80. The molecule has 2 amide bonds. The van der Waals surface area contributed by atoms with Crippen LogP contribution in [-0.4, -0.2) is 50.4 Å². The van der Waals surface area contributed by atoms with E-state index in [-0.39, 0.29) is 34.6 Å². The molecule has 0 radical (unpaired) electrons. The predicted octanol–water partition coefficient (Wildman–Crippen LogP) is 5.22. The van der Waals surface area contributed by atoms with Crippen LogP contribution >= 0.6 is 0 Å². The van der Waals surface area contributed by atoms with E-state index >= 15 is 0 Å². The van der Waals surface area contributed by atoms with Crippen LogP contribution < -0.4 is 4.90 Å². The Morgan fingerprint density at radius 1 is 1.11 bits per heavy atom. The van der Waals surface area contributed by atoms with Gasteiger partial charge in [0.15, 0.2) is 5.82 Å². The maximum absolute atomic E-state index is 15.0. The predicted molar refractivity (Wildman–Crippen MR) is 138 cm³/mol. The summed E-state index contributed by atoms with van der Waals surface area (Å²) in [5, 5.41) is 14.4. The number of carbonyl (C=O) groups excluding carboxylic acids is 2. The van der Waals surface area contributed by atoms with E-state index in [1.807, 2.05) is 12.1 Å². The van der Waals surface area contributed by atoms with E-state index in [0.29, 0.717) is 5.69 Å². The lowest BCUT2D eigenvalue weighted by Gasteiger charge is -2.23. The Labute approximate surface area is 220 Å². The smallest absolute Gasteiger partial charge is 0.417 e. The van der Waals surface area contributed by atoms with Crippen LogP contribution in [0.2, 0.25) is 0 Å². The topological polar surface area (TPSA) is 104 Å². The molecule has 0 unspecified atom stereocenters. The molecule has 1 saturated heterocycles. The molecule has 2 aromatic heterocycles. The molecule has 196 valence electrons. The molecule has 9 nitrogen and oxygen atoms in total. The van der Waals surface area contributed by atoms with E-state index in [9.17, 15) is 19.2 Å². The lowest BCUT2D eigenvalue weighted by Crippen LogP contribution is -2.37. The number of hydrogen-bond donors (Lipinski definition) is 0. The Kier molecular flexibility index (Phi) is 6.61. The summed E-state index contributed by atoms with van der Waals surface area (Å²) < 4.78 is 22.0. The highest BCUT2D eigenvalue weighted by Crippen LogP contribution is 2.34. The number of imide groups is 1. The number of aromatic nitrogens is 3. The molecule has 5 rings (SSSR count). The molecule has 2 aliphatic rings. The van der Waals surface area contributed by atoms with Gasteiger partial charge in [0.2, 0.25) is 0 Å². The van der Waals surface area contributed by atoms with Crippen molar-refractivity contribution in [1.82, 2.24) is 19.7 Å². The number of carbonyl (C=O) groups is 2. The lowest BCUT2D eigenvalue weighted by molar-refractivity contribution is 0.0247. The molecule has 10 heteroatoms. The molecule has 0 aliphatic carbocycles. The van der Waals surface area contributed by atoms with Crippen LogP contribution in [0.15, 0.2) is 36.5 Å². The van der Waals surface area contributed by atoms with Gasteiger partial charge in [0, 0.05) is 25.4 Å². The van der Waals surface area contributed by atoms with Crippen LogP contribution in [0.3, 0.4) is 0 Å². The van der Waals surface area contributed by atoms with E-state index in [1.54, 1.807) is 37.7 Å². The maximum Gasteiger partial charge on any atom is 0.417 e. The molecule has 4 heterocycles. The summed E-state index contributed by atoms with van der Waals surface area (Å²) in [6, 6.07) is 9.67. The number of halogens is 1. The summed E-state index contributed by atoms with van der Waals surface area (Å²) in [5.74, 6) is -0.400. The minimum absolute atomic E-state index is 0.0297. The quantitative estimate of drug-likeness (QED) is 0.470. The van der Waals surface area contributed by atoms with E-state index in [4.69, 9.17) is 9.84 Å². The first-order valence-electron chi connectivity index (χ1n) is 12.7. The Bertz CT molecular complexity index is 1440. The molecule has 1 aromatic carbocycles. The van der Waals surface area contributed by atoms with Crippen molar-refractivity contribution in [3.8, 4) is 23.0 Å². The van der Waals surface area contributed by atoms with E-state index in [0.717, 1.165) is 36.6 Å². The summed E-state index contributed by atoms with van der Waals surface area (Å²) in [6.07, 6.45) is 5.47. The number of nitriles is 1. The normalized spacial score (nSPS) is 15.7. The lowest BCUT2D eigenvalue weighted by atomic mass is 10.0. The largest absolute Gasteiger partial charge is 0.443 e. The number of nitrogens with zero attached hydrogens (tertiary/aromatic N) is 6. The van der Waals surface area contributed by atoms with E-state index < -0.39 is 23.4 Å². The maximum atomic E-state index is 15.0. The van der Waals surface area contributed by atoms with Gasteiger partial charge in [-0.15, -0.1) is 0 Å². The molecule has 0 bridgehead atoms. The van der Waals surface area contributed by atoms with Gasteiger partial charge in [0.1, 0.15) is 11.4 Å². The van der Waals surface area contributed by atoms with Crippen molar-refractivity contribution in [3.63, 3.8) is 0 Å². The van der Waals surface area contributed by atoms with E-state index in [2.05, 4.69) is 9.88 Å². The van der Waals surface area contributed by atoms with Crippen LogP contribution in [0.1, 0.15) is 68.1 Å². The van der Waals surface area contributed by atoms with Gasteiger partial charge in [0.05, 0.1) is 46.4 Å². The number of anilines is 1. The van der Waals surface area contributed by atoms with Crippen molar-refractivity contribution in [2.24, 2.45) is 0 Å².